The number of allylic oxidation sites excluding steroid dienone is 4. The van der Waals surface area contributed by atoms with Crippen LogP contribution in [0, 0.1) is 0 Å². The Labute approximate surface area is 567 Å². The van der Waals surface area contributed by atoms with Crippen molar-refractivity contribution in [3.05, 3.63) is 24.3 Å². The maximum atomic E-state index is 12.8. The molecule has 540 valence electrons. The maximum Gasteiger partial charge on any atom is 0.472 e. The number of unbranched alkanes of at least 4 members (excludes halogenated alkanes) is 62. The van der Waals surface area contributed by atoms with Gasteiger partial charge in [0.15, 0.2) is 6.10 Å². The second kappa shape index (κ2) is 77.5. The molecule has 10 heteroatoms. The minimum Gasteiger partial charge on any atom is -0.462 e. The molecule has 2 atom stereocenters. The van der Waals surface area contributed by atoms with Gasteiger partial charge in [-0.05, 0) is 44.9 Å². The molecular formula is C81H158NO8P. The van der Waals surface area contributed by atoms with Crippen LogP contribution < -0.4 is 5.73 Å². The molecule has 0 saturated carbocycles. The molecule has 0 bridgehead atoms. The number of hydrogen-bond donors (Lipinski definition) is 2. The molecule has 3 N–H and O–H groups in total. The van der Waals surface area contributed by atoms with Gasteiger partial charge in [-0.2, -0.15) is 0 Å². The van der Waals surface area contributed by atoms with Gasteiger partial charge < -0.3 is 20.1 Å². The zero-order chi connectivity index (χ0) is 65.8. The van der Waals surface area contributed by atoms with Crippen molar-refractivity contribution in [3.8, 4) is 0 Å². The smallest absolute Gasteiger partial charge is 0.462 e. The molecule has 0 aliphatic heterocycles. The van der Waals surface area contributed by atoms with Gasteiger partial charge in [0.05, 0.1) is 13.2 Å². The summed E-state index contributed by atoms with van der Waals surface area (Å²) in [6.07, 6.45) is 97.7. The number of phosphoric ester groups is 1. The molecule has 0 fully saturated rings. The van der Waals surface area contributed by atoms with E-state index < -0.39 is 26.5 Å². The Morgan fingerprint density at radius 3 is 0.835 bits per heavy atom. The summed E-state index contributed by atoms with van der Waals surface area (Å²) in [6.45, 7) is 3.83. The van der Waals surface area contributed by atoms with Crippen molar-refractivity contribution in [1.29, 1.82) is 0 Å². The Morgan fingerprint density at radius 2 is 0.571 bits per heavy atom. The average molecular weight is 1310 g/mol. The van der Waals surface area contributed by atoms with Gasteiger partial charge in [0.2, 0.25) is 0 Å². The average Bonchev–Trinajstić information content (AvgIpc) is 3.74. The van der Waals surface area contributed by atoms with E-state index in [9.17, 15) is 19.0 Å². The molecule has 0 aromatic heterocycles. The van der Waals surface area contributed by atoms with E-state index in [0.29, 0.717) is 6.42 Å². The largest absolute Gasteiger partial charge is 0.472 e. The number of nitrogens with two attached hydrogens (primary N) is 1. The first-order valence-corrected chi connectivity index (χ1v) is 42.3. The van der Waals surface area contributed by atoms with E-state index in [1.807, 2.05) is 0 Å². The minimum atomic E-state index is -4.39. The Morgan fingerprint density at radius 1 is 0.330 bits per heavy atom. The van der Waals surface area contributed by atoms with E-state index in [1.165, 1.54) is 379 Å². The Balaban J connectivity index is 3.71. The molecular weight excluding hydrogens is 1150 g/mol. The number of ether oxygens (including phenoxy) is 2. The second-order valence-electron chi connectivity index (χ2n) is 28.0. The van der Waals surface area contributed by atoms with Crippen molar-refractivity contribution >= 4 is 19.8 Å². The van der Waals surface area contributed by atoms with Crippen LogP contribution in [0.15, 0.2) is 24.3 Å². The fourth-order valence-corrected chi connectivity index (χ4v) is 13.6. The van der Waals surface area contributed by atoms with E-state index >= 15 is 0 Å². The van der Waals surface area contributed by atoms with Gasteiger partial charge >= 0.3 is 19.8 Å². The second-order valence-corrected chi connectivity index (χ2v) is 29.5. The third-order valence-corrected chi connectivity index (χ3v) is 19.8. The van der Waals surface area contributed by atoms with Crippen molar-refractivity contribution in [2.24, 2.45) is 5.73 Å². The molecule has 0 amide bonds. The highest BCUT2D eigenvalue weighted by molar-refractivity contribution is 7.47. The van der Waals surface area contributed by atoms with Crippen LogP contribution in [0.1, 0.15) is 450 Å². The molecule has 2 unspecified atom stereocenters. The summed E-state index contributed by atoms with van der Waals surface area (Å²) >= 11 is 0. The highest BCUT2D eigenvalue weighted by Gasteiger charge is 2.26. The number of carbonyl (C=O) groups is 2. The molecule has 91 heavy (non-hydrogen) atoms. The first-order chi connectivity index (χ1) is 44.8. The molecule has 0 rings (SSSR count). The predicted molar refractivity (Wildman–Crippen MR) is 395 cm³/mol. The van der Waals surface area contributed by atoms with Gasteiger partial charge in [-0.15, -0.1) is 0 Å². The number of phosphoric acid groups is 1. The fraction of sp³-hybridized carbons (Fsp3) is 0.926. The topological polar surface area (TPSA) is 134 Å². The maximum absolute atomic E-state index is 12.8. The number of rotatable bonds is 79. The third-order valence-electron chi connectivity index (χ3n) is 18.8. The van der Waals surface area contributed by atoms with Crippen LogP contribution in [0.3, 0.4) is 0 Å². The van der Waals surface area contributed by atoms with Crippen molar-refractivity contribution in [2.75, 3.05) is 26.4 Å². The van der Waals surface area contributed by atoms with Gasteiger partial charge in [0, 0.05) is 19.4 Å². The van der Waals surface area contributed by atoms with Crippen LogP contribution in [-0.2, 0) is 32.7 Å². The molecule has 0 saturated heterocycles. The van der Waals surface area contributed by atoms with E-state index in [0.717, 1.165) is 38.5 Å². The van der Waals surface area contributed by atoms with Crippen molar-refractivity contribution in [1.82, 2.24) is 0 Å². The minimum absolute atomic E-state index is 0.0579. The van der Waals surface area contributed by atoms with Crippen LogP contribution in [0.5, 0.6) is 0 Å². The molecule has 0 radical (unpaired) electrons. The third kappa shape index (κ3) is 77.4. The van der Waals surface area contributed by atoms with E-state index in [2.05, 4.69) is 38.2 Å². The number of hydrogen-bond acceptors (Lipinski definition) is 8. The Bertz CT molecular complexity index is 1540. The first kappa shape index (κ1) is 89.5. The normalized spacial score (nSPS) is 12.9. The Kier molecular flexibility index (Phi) is 76.2. The summed E-state index contributed by atoms with van der Waals surface area (Å²) in [5.74, 6) is -0.797. The van der Waals surface area contributed by atoms with Gasteiger partial charge in [-0.1, -0.05) is 417 Å². The molecule has 0 heterocycles. The van der Waals surface area contributed by atoms with Crippen LogP contribution in [0.2, 0.25) is 0 Å². The lowest BCUT2D eigenvalue weighted by Crippen LogP contribution is -2.29. The van der Waals surface area contributed by atoms with Gasteiger partial charge in [0.1, 0.15) is 6.61 Å². The lowest BCUT2D eigenvalue weighted by atomic mass is 10.0. The zero-order valence-corrected chi connectivity index (χ0v) is 62.0. The summed E-state index contributed by atoms with van der Waals surface area (Å²) < 4.78 is 33.3. The summed E-state index contributed by atoms with van der Waals surface area (Å²) in [5.41, 5.74) is 5.42. The molecule has 0 aliphatic rings. The van der Waals surface area contributed by atoms with E-state index in [4.69, 9.17) is 24.3 Å². The van der Waals surface area contributed by atoms with Crippen LogP contribution >= 0.6 is 7.82 Å². The highest BCUT2D eigenvalue weighted by Crippen LogP contribution is 2.43. The molecule has 0 spiro atoms. The summed E-state index contributed by atoms with van der Waals surface area (Å²) in [7, 11) is -4.39. The Hall–Kier alpha value is -1.51. The highest BCUT2D eigenvalue weighted by atomic mass is 31.2. The number of esters is 2. The van der Waals surface area contributed by atoms with Crippen LogP contribution in [0.4, 0.5) is 0 Å². The van der Waals surface area contributed by atoms with Crippen molar-refractivity contribution in [3.63, 3.8) is 0 Å². The van der Waals surface area contributed by atoms with Gasteiger partial charge in [-0.25, -0.2) is 4.57 Å². The summed E-state index contributed by atoms with van der Waals surface area (Å²) in [6, 6.07) is 0. The molecule has 9 nitrogen and oxygen atoms in total. The lowest BCUT2D eigenvalue weighted by Gasteiger charge is -2.19. The van der Waals surface area contributed by atoms with E-state index in [-0.39, 0.29) is 38.6 Å². The fourth-order valence-electron chi connectivity index (χ4n) is 12.8. The predicted octanol–water partition coefficient (Wildman–Crippen LogP) is 27.2. The standard InChI is InChI=1S/C81H158NO8P/c1-3-5-7-9-11-13-15-17-19-21-23-25-27-29-31-33-34-35-36-37-38-39-40-41-42-43-44-46-48-50-52-54-56-58-60-62-64-66-68-70-72-74-81(84)90-79(78-89-91(85,86)88-76-75-82)77-87-80(83)73-71-69-67-65-63-61-59-57-55-53-51-49-47-45-32-30-28-26-24-22-20-18-16-14-12-10-8-6-4-2/h15,17,21,23,79H,3-14,16,18-20,22,24-78,82H2,1-2H3,(H,85,86)/b17-15-,23-21-. The van der Waals surface area contributed by atoms with Crippen molar-refractivity contribution in [2.45, 2.75) is 457 Å². The monoisotopic (exact) mass is 1300 g/mol. The quantitative estimate of drug-likeness (QED) is 0.0264. The van der Waals surface area contributed by atoms with Crippen LogP contribution in [0.25, 0.3) is 0 Å². The number of carbonyl (C=O) groups excluding carboxylic acids is 2. The molecule has 0 aromatic rings. The summed E-state index contributed by atoms with van der Waals surface area (Å²) in [5, 5.41) is 0. The molecule has 0 aliphatic carbocycles. The first-order valence-electron chi connectivity index (χ1n) is 40.8. The van der Waals surface area contributed by atoms with Crippen LogP contribution in [-0.4, -0.2) is 49.3 Å². The van der Waals surface area contributed by atoms with Crippen molar-refractivity contribution < 1.29 is 37.6 Å². The molecule has 0 aromatic carbocycles. The summed E-state index contributed by atoms with van der Waals surface area (Å²) in [4.78, 5) is 35.5. The lowest BCUT2D eigenvalue weighted by molar-refractivity contribution is -0.161. The van der Waals surface area contributed by atoms with Gasteiger partial charge in [-0.3, -0.25) is 18.6 Å². The van der Waals surface area contributed by atoms with E-state index in [1.54, 1.807) is 0 Å². The van der Waals surface area contributed by atoms with Gasteiger partial charge in [0.25, 0.3) is 0 Å². The SMILES string of the molecule is CCCCCCC/C=C\C/C=C\CCCCCCCCCCCCCCCCCCCCCCCCCCCCCCCC(=O)OC(COC(=O)CCCCCCCCCCCCCCCCCCCCCCCCCCCCCCC)COP(=O)(O)OCCN. The zero-order valence-electron chi connectivity index (χ0n) is 61.1.